The van der Waals surface area contributed by atoms with Crippen LogP contribution >= 0.6 is 15.9 Å². The second kappa shape index (κ2) is 4.63. The van der Waals surface area contributed by atoms with Crippen LogP contribution in [-0.2, 0) is 17.1 Å². The van der Waals surface area contributed by atoms with E-state index >= 15 is 0 Å². The molecule has 86 valence electrons. The molecule has 1 unspecified atom stereocenters. The Balaban J connectivity index is 2.93. The first-order chi connectivity index (χ1) is 6.84. The average Bonchev–Trinajstić information content (AvgIpc) is 2.50. The predicted molar refractivity (Wildman–Crippen MR) is 61.4 cm³/mol. The number of aromatic nitrogens is 2. The van der Waals surface area contributed by atoms with Crippen molar-refractivity contribution in [3.05, 3.63) is 12.4 Å². The molecule has 0 fully saturated rings. The molecule has 0 N–H and O–H groups in total. The number of hydrogen-bond donors (Lipinski definition) is 0. The highest BCUT2D eigenvalue weighted by Crippen LogP contribution is 2.14. The quantitative estimate of drug-likeness (QED) is 0.773. The number of sulfonamides is 1. The lowest BCUT2D eigenvalue weighted by atomic mass is 10.5. The van der Waals surface area contributed by atoms with Gasteiger partial charge in [-0.25, -0.2) is 8.42 Å². The van der Waals surface area contributed by atoms with Crippen LogP contribution in [0.5, 0.6) is 0 Å². The molecule has 0 spiro atoms. The van der Waals surface area contributed by atoms with Crippen molar-refractivity contribution >= 4 is 26.0 Å². The summed E-state index contributed by atoms with van der Waals surface area (Å²) in [4.78, 5) is 0.342. The third-order valence-corrected chi connectivity index (χ3v) is 3.96. The summed E-state index contributed by atoms with van der Waals surface area (Å²) in [5.74, 6) is 0. The first-order valence-electron chi connectivity index (χ1n) is 4.43. The Morgan fingerprint density at radius 2 is 2.27 bits per heavy atom. The van der Waals surface area contributed by atoms with E-state index < -0.39 is 10.0 Å². The Kier molecular flexibility index (Phi) is 3.91. The molecular weight excluding hydrogens is 282 g/mol. The Morgan fingerprint density at radius 3 is 2.67 bits per heavy atom. The monoisotopic (exact) mass is 295 g/mol. The largest absolute Gasteiger partial charge is 0.274 e. The van der Waals surface area contributed by atoms with Crippen LogP contribution in [0.4, 0.5) is 0 Å². The van der Waals surface area contributed by atoms with Gasteiger partial charge in [0.2, 0.25) is 10.0 Å². The van der Waals surface area contributed by atoms with Gasteiger partial charge in [-0.15, -0.1) is 0 Å². The SMILES string of the molecule is CC(Br)CN(C)S(=O)(=O)c1cnn(C)c1. The van der Waals surface area contributed by atoms with Gasteiger partial charge in [-0.1, -0.05) is 22.9 Å². The van der Waals surface area contributed by atoms with E-state index in [1.54, 1.807) is 14.1 Å². The fourth-order valence-electron chi connectivity index (χ4n) is 1.16. The van der Waals surface area contributed by atoms with Gasteiger partial charge >= 0.3 is 0 Å². The van der Waals surface area contributed by atoms with Crippen LogP contribution in [0.3, 0.4) is 0 Å². The lowest BCUT2D eigenvalue weighted by Gasteiger charge is -2.17. The Labute approximate surface area is 98.3 Å². The van der Waals surface area contributed by atoms with Crippen molar-refractivity contribution in [3.8, 4) is 0 Å². The van der Waals surface area contributed by atoms with Crippen LogP contribution < -0.4 is 0 Å². The van der Waals surface area contributed by atoms with E-state index in [0.717, 1.165) is 0 Å². The van der Waals surface area contributed by atoms with E-state index in [2.05, 4.69) is 21.0 Å². The van der Waals surface area contributed by atoms with Crippen LogP contribution in [0.15, 0.2) is 17.3 Å². The number of nitrogens with zero attached hydrogens (tertiary/aromatic N) is 3. The molecular formula is C8H14BrN3O2S. The van der Waals surface area contributed by atoms with Crippen LogP contribution in [0.25, 0.3) is 0 Å². The van der Waals surface area contributed by atoms with E-state index in [9.17, 15) is 8.42 Å². The van der Waals surface area contributed by atoms with Gasteiger partial charge in [0.25, 0.3) is 0 Å². The lowest BCUT2D eigenvalue weighted by molar-refractivity contribution is 0.473. The van der Waals surface area contributed by atoms with Crippen molar-refractivity contribution in [3.63, 3.8) is 0 Å². The molecule has 0 radical (unpaired) electrons. The fourth-order valence-corrected chi connectivity index (χ4v) is 3.04. The van der Waals surface area contributed by atoms with Crippen LogP contribution in [0, 0.1) is 0 Å². The Bertz CT molecular complexity index is 427. The molecule has 0 aliphatic heterocycles. The standard InChI is InChI=1S/C8H14BrN3O2S/c1-7(9)5-12(3)15(13,14)8-4-10-11(2)6-8/h4,6-7H,5H2,1-3H3. The molecule has 5 nitrogen and oxygen atoms in total. The van der Waals surface area contributed by atoms with Crippen molar-refractivity contribution in [2.75, 3.05) is 13.6 Å². The summed E-state index contributed by atoms with van der Waals surface area (Å²) < 4.78 is 26.6. The highest BCUT2D eigenvalue weighted by atomic mass is 79.9. The van der Waals surface area contributed by atoms with Gasteiger partial charge in [0.15, 0.2) is 0 Å². The topological polar surface area (TPSA) is 55.2 Å². The molecule has 1 aromatic heterocycles. The van der Waals surface area contributed by atoms with Gasteiger partial charge in [0.1, 0.15) is 4.90 Å². The first kappa shape index (κ1) is 12.7. The molecule has 0 bridgehead atoms. The summed E-state index contributed by atoms with van der Waals surface area (Å²) in [5.41, 5.74) is 0. The predicted octanol–water partition coefficient (Wildman–Crippen LogP) is 0.824. The Hall–Kier alpha value is -0.400. The van der Waals surface area contributed by atoms with Gasteiger partial charge in [0.05, 0.1) is 6.20 Å². The highest BCUT2D eigenvalue weighted by molar-refractivity contribution is 9.09. The zero-order valence-electron chi connectivity index (χ0n) is 8.88. The zero-order chi connectivity index (χ0) is 11.6. The lowest BCUT2D eigenvalue weighted by Crippen LogP contribution is -2.31. The summed E-state index contributed by atoms with van der Waals surface area (Å²) in [7, 11) is -0.151. The summed E-state index contributed by atoms with van der Waals surface area (Å²) in [6, 6.07) is 0. The molecule has 1 aromatic rings. The van der Waals surface area contributed by atoms with Crippen molar-refractivity contribution in [2.45, 2.75) is 16.6 Å². The molecule has 1 heterocycles. The number of rotatable bonds is 4. The molecule has 0 saturated heterocycles. The smallest absolute Gasteiger partial charge is 0.245 e. The Morgan fingerprint density at radius 1 is 1.67 bits per heavy atom. The van der Waals surface area contributed by atoms with Crippen molar-refractivity contribution in [2.24, 2.45) is 7.05 Å². The third kappa shape index (κ3) is 3.02. The maximum Gasteiger partial charge on any atom is 0.245 e. The normalized spacial score (nSPS) is 14.5. The van der Waals surface area contributed by atoms with E-state index in [1.165, 1.54) is 21.4 Å². The van der Waals surface area contributed by atoms with E-state index in [1.807, 2.05) is 6.92 Å². The minimum absolute atomic E-state index is 0.119. The molecule has 0 aliphatic carbocycles. The minimum atomic E-state index is -3.39. The van der Waals surface area contributed by atoms with Crippen molar-refractivity contribution in [1.82, 2.24) is 14.1 Å². The van der Waals surface area contributed by atoms with E-state index in [-0.39, 0.29) is 9.72 Å². The van der Waals surface area contributed by atoms with Gasteiger partial charge in [0, 0.05) is 31.7 Å². The number of alkyl halides is 1. The van der Waals surface area contributed by atoms with Crippen LogP contribution in [0.1, 0.15) is 6.92 Å². The molecule has 0 saturated carbocycles. The minimum Gasteiger partial charge on any atom is -0.274 e. The maximum absolute atomic E-state index is 11.9. The van der Waals surface area contributed by atoms with Gasteiger partial charge in [-0.3, -0.25) is 4.68 Å². The summed E-state index contributed by atoms with van der Waals surface area (Å²) >= 11 is 3.32. The average molecular weight is 296 g/mol. The van der Waals surface area contributed by atoms with Crippen LogP contribution in [-0.4, -0.2) is 40.9 Å². The number of halogens is 1. The molecule has 1 atom stereocenters. The second-order valence-corrected chi connectivity index (χ2v) is 7.02. The van der Waals surface area contributed by atoms with Crippen molar-refractivity contribution in [1.29, 1.82) is 0 Å². The highest BCUT2D eigenvalue weighted by Gasteiger charge is 2.22. The molecule has 0 aromatic carbocycles. The zero-order valence-corrected chi connectivity index (χ0v) is 11.3. The number of hydrogen-bond acceptors (Lipinski definition) is 3. The van der Waals surface area contributed by atoms with Crippen LogP contribution in [0.2, 0.25) is 0 Å². The van der Waals surface area contributed by atoms with Gasteiger partial charge in [-0.2, -0.15) is 9.40 Å². The van der Waals surface area contributed by atoms with Crippen molar-refractivity contribution < 1.29 is 8.42 Å². The summed E-state index contributed by atoms with van der Waals surface area (Å²) in [6.07, 6.45) is 2.84. The molecule has 7 heteroatoms. The van der Waals surface area contributed by atoms with Gasteiger partial charge in [-0.05, 0) is 0 Å². The number of aryl methyl sites for hydroxylation is 1. The summed E-state index contributed by atoms with van der Waals surface area (Å²) in [5, 5.41) is 3.84. The fraction of sp³-hybridized carbons (Fsp3) is 0.625. The maximum atomic E-state index is 11.9. The molecule has 15 heavy (non-hydrogen) atoms. The van der Waals surface area contributed by atoms with E-state index in [0.29, 0.717) is 6.54 Å². The first-order valence-corrected chi connectivity index (χ1v) is 6.78. The third-order valence-electron chi connectivity index (χ3n) is 1.90. The molecule has 0 amide bonds. The van der Waals surface area contributed by atoms with Gasteiger partial charge < -0.3 is 0 Å². The molecule has 1 rings (SSSR count). The second-order valence-electron chi connectivity index (χ2n) is 3.42. The molecule has 0 aliphatic rings. The summed E-state index contributed by atoms with van der Waals surface area (Å²) in [6.45, 7) is 2.33. The van der Waals surface area contributed by atoms with E-state index in [4.69, 9.17) is 0 Å².